The number of nitrogens with one attached hydrogen (secondary N) is 1. The molecule has 1 aliphatic heterocycles. The Balaban J connectivity index is 1.69. The lowest BCUT2D eigenvalue weighted by atomic mass is 10.1. The first-order valence-electron chi connectivity index (χ1n) is 10.1. The van der Waals surface area contributed by atoms with Gasteiger partial charge in [0, 0.05) is 19.6 Å². The van der Waals surface area contributed by atoms with Gasteiger partial charge < -0.3 is 14.4 Å². The van der Waals surface area contributed by atoms with Crippen molar-refractivity contribution in [2.24, 2.45) is 0 Å². The smallest absolute Gasteiger partial charge is 0.257 e. The Morgan fingerprint density at radius 3 is 2.50 bits per heavy atom. The van der Waals surface area contributed by atoms with Gasteiger partial charge in [0.15, 0.2) is 0 Å². The van der Waals surface area contributed by atoms with Crippen molar-refractivity contribution in [1.29, 1.82) is 0 Å². The molecule has 0 aromatic heterocycles. The largest absolute Gasteiger partial charge is 0.496 e. The first kappa shape index (κ1) is 22.1. The predicted molar refractivity (Wildman–Crippen MR) is 115 cm³/mol. The van der Waals surface area contributed by atoms with Gasteiger partial charge in [-0.05, 0) is 56.0 Å². The normalized spacial score (nSPS) is 14.4. The molecule has 0 saturated carbocycles. The van der Waals surface area contributed by atoms with Gasteiger partial charge in [-0.3, -0.25) is 4.79 Å². The highest BCUT2D eigenvalue weighted by Crippen LogP contribution is 2.25. The third kappa shape index (κ3) is 5.31. The summed E-state index contributed by atoms with van der Waals surface area (Å²) in [5, 5.41) is 0. The van der Waals surface area contributed by atoms with Crippen LogP contribution < -0.4 is 14.2 Å². The Morgan fingerprint density at radius 1 is 1.07 bits per heavy atom. The van der Waals surface area contributed by atoms with Crippen LogP contribution in [-0.2, 0) is 10.0 Å². The maximum absolute atomic E-state index is 12.9. The average Bonchev–Trinajstić information content (AvgIpc) is 2.77. The second kappa shape index (κ2) is 9.95. The molecule has 1 fully saturated rings. The molecule has 2 aromatic carbocycles. The van der Waals surface area contributed by atoms with Crippen LogP contribution in [-0.4, -0.2) is 52.6 Å². The van der Waals surface area contributed by atoms with E-state index in [4.69, 9.17) is 9.47 Å². The minimum atomic E-state index is -3.79. The number of carbonyl (C=O) groups excluding carboxylic acids is 1. The van der Waals surface area contributed by atoms with Crippen molar-refractivity contribution in [2.75, 3.05) is 33.4 Å². The summed E-state index contributed by atoms with van der Waals surface area (Å²) in [5.74, 6) is 0.884. The summed E-state index contributed by atoms with van der Waals surface area (Å²) in [7, 11) is -2.32. The van der Waals surface area contributed by atoms with Crippen LogP contribution >= 0.6 is 0 Å². The van der Waals surface area contributed by atoms with Crippen LogP contribution in [0.15, 0.2) is 47.4 Å². The number of amides is 1. The highest BCUT2D eigenvalue weighted by Gasteiger charge is 2.24. The molecule has 2 aromatic rings. The number of likely N-dealkylation sites (tertiary alicyclic amines) is 1. The van der Waals surface area contributed by atoms with Gasteiger partial charge in [-0.25, -0.2) is 13.1 Å². The number of rotatable bonds is 8. The maximum atomic E-state index is 12.9. The van der Waals surface area contributed by atoms with Crippen LogP contribution in [0.2, 0.25) is 0 Å². The van der Waals surface area contributed by atoms with E-state index in [-0.39, 0.29) is 29.5 Å². The van der Waals surface area contributed by atoms with Crippen LogP contribution in [0.1, 0.15) is 35.2 Å². The van der Waals surface area contributed by atoms with Crippen molar-refractivity contribution >= 4 is 15.9 Å². The lowest BCUT2D eigenvalue weighted by Crippen LogP contribution is -2.36. The minimum absolute atomic E-state index is 0.0274. The van der Waals surface area contributed by atoms with Crippen LogP contribution in [0.4, 0.5) is 0 Å². The summed E-state index contributed by atoms with van der Waals surface area (Å²) in [4.78, 5) is 14.7. The summed E-state index contributed by atoms with van der Waals surface area (Å²) < 4.78 is 38.9. The number of piperidine rings is 1. The Morgan fingerprint density at radius 2 is 1.80 bits per heavy atom. The fourth-order valence-corrected chi connectivity index (χ4v) is 4.47. The van der Waals surface area contributed by atoms with E-state index in [0.717, 1.165) is 30.6 Å². The van der Waals surface area contributed by atoms with Crippen LogP contribution in [0, 0.1) is 6.92 Å². The summed E-state index contributed by atoms with van der Waals surface area (Å²) in [6, 6.07) is 11.9. The second-order valence-electron chi connectivity index (χ2n) is 7.23. The Labute approximate surface area is 178 Å². The van der Waals surface area contributed by atoms with E-state index in [9.17, 15) is 13.2 Å². The van der Waals surface area contributed by atoms with Gasteiger partial charge in [0.25, 0.3) is 5.91 Å². The zero-order valence-corrected chi connectivity index (χ0v) is 18.2. The first-order chi connectivity index (χ1) is 14.4. The summed E-state index contributed by atoms with van der Waals surface area (Å²) in [6.07, 6.45) is 3.01. The fourth-order valence-electron chi connectivity index (χ4n) is 3.43. The van der Waals surface area contributed by atoms with E-state index in [1.54, 1.807) is 4.90 Å². The number of para-hydroxylation sites is 1. The van der Waals surface area contributed by atoms with Gasteiger partial charge in [-0.1, -0.05) is 18.2 Å². The van der Waals surface area contributed by atoms with Crippen LogP contribution in [0.25, 0.3) is 0 Å². The number of carbonyl (C=O) groups is 1. The molecule has 1 heterocycles. The standard InChI is InChI=1S/C22H28N2O5S/c1-17-8-4-5-9-20(17)29-15-12-23-30(26,27)18-10-11-21(28-2)19(16-18)22(25)24-13-6-3-7-14-24/h4-5,8-11,16,23H,3,6-7,12-15H2,1-2H3. The quantitative estimate of drug-likeness (QED) is 0.648. The zero-order valence-electron chi connectivity index (χ0n) is 17.4. The average molecular weight is 433 g/mol. The number of benzene rings is 2. The van der Waals surface area contributed by atoms with Gasteiger partial charge in [0.05, 0.1) is 17.6 Å². The predicted octanol–water partition coefficient (Wildman–Crippen LogP) is 2.99. The third-order valence-electron chi connectivity index (χ3n) is 5.10. The molecule has 7 nitrogen and oxygen atoms in total. The Hall–Kier alpha value is -2.58. The number of ether oxygens (including phenoxy) is 2. The molecule has 30 heavy (non-hydrogen) atoms. The second-order valence-corrected chi connectivity index (χ2v) is 8.99. The minimum Gasteiger partial charge on any atom is -0.496 e. The molecule has 1 saturated heterocycles. The summed E-state index contributed by atoms with van der Waals surface area (Å²) in [5.41, 5.74) is 1.25. The van der Waals surface area contributed by atoms with Crippen molar-refractivity contribution in [2.45, 2.75) is 31.1 Å². The molecular weight excluding hydrogens is 404 g/mol. The van der Waals surface area contributed by atoms with Crippen molar-refractivity contribution in [1.82, 2.24) is 9.62 Å². The molecule has 0 aliphatic carbocycles. The monoisotopic (exact) mass is 432 g/mol. The molecule has 0 unspecified atom stereocenters. The molecule has 3 rings (SSSR count). The van der Waals surface area contributed by atoms with Crippen LogP contribution in [0.3, 0.4) is 0 Å². The molecule has 0 radical (unpaired) electrons. The lowest BCUT2D eigenvalue weighted by molar-refractivity contribution is 0.0720. The first-order valence-corrected chi connectivity index (χ1v) is 11.6. The van der Waals surface area contributed by atoms with Gasteiger partial charge in [-0.15, -0.1) is 0 Å². The molecule has 0 bridgehead atoms. The van der Waals surface area contributed by atoms with Gasteiger partial charge in [-0.2, -0.15) is 0 Å². The Kier molecular flexibility index (Phi) is 7.33. The fraction of sp³-hybridized carbons (Fsp3) is 0.409. The zero-order chi connectivity index (χ0) is 21.6. The van der Waals surface area contributed by atoms with Gasteiger partial charge in [0.1, 0.15) is 18.1 Å². The molecule has 1 amide bonds. The molecular formula is C22H28N2O5S. The topological polar surface area (TPSA) is 84.9 Å². The number of nitrogens with zero attached hydrogens (tertiary/aromatic N) is 1. The number of hydrogen-bond acceptors (Lipinski definition) is 5. The van der Waals surface area contributed by atoms with Gasteiger partial charge in [0.2, 0.25) is 10.0 Å². The summed E-state index contributed by atoms with van der Waals surface area (Å²) >= 11 is 0. The lowest BCUT2D eigenvalue weighted by Gasteiger charge is -2.27. The van der Waals surface area contributed by atoms with E-state index in [1.165, 1.54) is 25.3 Å². The molecule has 162 valence electrons. The van der Waals surface area contributed by atoms with Crippen molar-refractivity contribution in [3.05, 3.63) is 53.6 Å². The van der Waals surface area contributed by atoms with E-state index >= 15 is 0 Å². The molecule has 8 heteroatoms. The van der Waals surface area contributed by atoms with E-state index < -0.39 is 10.0 Å². The number of sulfonamides is 1. The van der Waals surface area contributed by atoms with E-state index in [2.05, 4.69) is 4.72 Å². The maximum Gasteiger partial charge on any atom is 0.257 e. The summed E-state index contributed by atoms with van der Waals surface area (Å²) in [6.45, 7) is 3.58. The number of hydrogen-bond donors (Lipinski definition) is 1. The van der Waals surface area contributed by atoms with Crippen molar-refractivity contribution < 1.29 is 22.7 Å². The number of methoxy groups -OCH3 is 1. The van der Waals surface area contributed by atoms with E-state index in [0.29, 0.717) is 18.8 Å². The SMILES string of the molecule is COc1ccc(S(=O)(=O)NCCOc2ccccc2C)cc1C(=O)N1CCCCC1. The molecule has 1 aliphatic rings. The number of aryl methyl sites for hydroxylation is 1. The third-order valence-corrected chi connectivity index (χ3v) is 6.56. The highest BCUT2D eigenvalue weighted by molar-refractivity contribution is 7.89. The Bertz CT molecular complexity index is 985. The van der Waals surface area contributed by atoms with Crippen LogP contribution in [0.5, 0.6) is 11.5 Å². The van der Waals surface area contributed by atoms with Crippen molar-refractivity contribution in [3.63, 3.8) is 0 Å². The highest BCUT2D eigenvalue weighted by atomic mass is 32.2. The molecule has 0 atom stereocenters. The van der Waals surface area contributed by atoms with Crippen molar-refractivity contribution in [3.8, 4) is 11.5 Å². The van der Waals surface area contributed by atoms with Gasteiger partial charge >= 0.3 is 0 Å². The molecule has 0 spiro atoms. The molecule has 1 N–H and O–H groups in total. The van der Waals surface area contributed by atoms with E-state index in [1.807, 2.05) is 31.2 Å².